The molecule has 3 rings (SSSR count). The first kappa shape index (κ1) is 15.1. The van der Waals surface area contributed by atoms with E-state index in [9.17, 15) is 0 Å². The number of hydrogen-bond donors (Lipinski definition) is 1. The van der Waals surface area contributed by atoms with Crippen LogP contribution in [-0.4, -0.2) is 12.6 Å². The van der Waals surface area contributed by atoms with Gasteiger partial charge >= 0.3 is 0 Å². The van der Waals surface area contributed by atoms with Gasteiger partial charge in [-0.2, -0.15) is 0 Å². The van der Waals surface area contributed by atoms with Crippen molar-refractivity contribution in [2.24, 2.45) is 29.1 Å². The summed E-state index contributed by atoms with van der Waals surface area (Å²) in [7, 11) is 0. The van der Waals surface area contributed by atoms with Crippen LogP contribution in [0.15, 0.2) is 35.5 Å². The first-order chi connectivity index (χ1) is 15.7. The fraction of sp³-hybridized carbons (Fsp3) is 0.778. The van der Waals surface area contributed by atoms with Gasteiger partial charge < -0.3 is 5.11 Å². The Morgan fingerprint density at radius 1 is 1.32 bits per heavy atom. The highest BCUT2D eigenvalue weighted by Crippen LogP contribution is 2.59. The lowest BCUT2D eigenvalue weighted by atomic mass is 9.60. The Bertz CT molecular complexity index is 831. The normalized spacial score (nSPS) is 47.0. The molecule has 28 heavy (non-hydrogen) atoms. The summed E-state index contributed by atoms with van der Waals surface area (Å²) in [5.74, 6) is 2.72. The van der Waals surface area contributed by atoms with E-state index in [2.05, 4.69) is 45.5 Å². The molecule has 0 aromatic carbocycles. The molecule has 0 aliphatic heterocycles. The van der Waals surface area contributed by atoms with Crippen LogP contribution < -0.4 is 0 Å². The van der Waals surface area contributed by atoms with Gasteiger partial charge in [0.05, 0.1) is 7.45 Å². The summed E-state index contributed by atoms with van der Waals surface area (Å²) in [4.78, 5) is 0. The molecule has 0 amide bonds. The molecule has 3 saturated carbocycles. The van der Waals surface area contributed by atoms with Crippen molar-refractivity contribution in [3.63, 3.8) is 0 Å². The van der Waals surface area contributed by atoms with Gasteiger partial charge in [-0.05, 0) is 85.9 Å². The van der Waals surface area contributed by atoms with Crippen molar-refractivity contribution in [1.82, 2.24) is 0 Å². The van der Waals surface area contributed by atoms with E-state index in [1.54, 1.807) is 0 Å². The van der Waals surface area contributed by atoms with Crippen molar-refractivity contribution >= 4 is 0 Å². The van der Waals surface area contributed by atoms with E-state index in [-0.39, 0.29) is 12.0 Å². The molecule has 1 heteroatoms. The van der Waals surface area contributed by atoms with Gasteiger partial charge in [0.2, 0.25) is 1.43 Å². The predicted octanol–water partition coefficient (Wildman–Crippen LogP) is 7.62. The van der Waals surface area contributed by atoms with Crippen molar-refractivity contribution in [1.29, 1.82) is 1.43 Å². The second-order valence-corrected chi connectivity index (χ2v) is 10.2. The Labute approximate surface area is 182 Å². The molecule has 0 heterocycles. The van der Waals surface area contributed by atoms with E-state index in [4.69, 9.17) is 8.28 Å². The van der Waals surface area contributed by atoms with Crippen LogP contribution in [0.25, 0.3) is 0 Å². The maximum Gasteiger partial charge on any atom is 0.210 e. The summed E-state index contributed by atoms with van der Waals surface area (Å²) in [6.07, 6.45) is 6.04. The number of fused-ring (bicyclic) bond motifs is 1. The zero-order chi connectivity index (χ0) is 25.5. The molecule has 3 fully saturated rings. The van der Waals surface area contributed by atoms with Crippen LogP contribution >= 0.6 is 0 Å². The van der Waals surface area contributed by atoms with Crippen LogP contribution in [-0.2, 0) is 0 Å². The highest BCUT2D eigenvalue weighted by Gasteiger charge is 2.50. The minimum atomic E-state index is -2.67. The third-order valence-electron chi connectivity index (χ3n) is 7.76. The van der Waals surface area contributed by atoms with Crippen LogP contribution in [0.5, 0.6) is 0 Å². The van der Waals surface area contributed by atoms with E-state index in [1.165, 1.54) is 44.1 Å². The van der Waals surface area contributed by atoms with Crippen molar-refractivity contribution in [2.45, 2.75) is 104 Å². The molecule has 1 nitrogen and oxygen atoms in total. The molecule has 0 spiro atoms. The van der Waals surface area contributed by atoms with Crippen LogP contribution in [0.2, 0.25) is 0 Å². The highest BCUT2D eigenvalue weighted by atomic mass is 16.3. The Kier molecular flexibility index (Phi) is 5.02. The van der Waals surface area contributed by atoms with E-state index < -0.39 is 18.8 Å². The fourth-order valence-corrected chi connectivity index (χ4v) is 6.18. The quantitative estimate of drug-likeness (QED) is 0.474. The lowest BCUT2D eigenvalue weighted by Gasteiger charge is -2.44. The third-order valence-corrected chi connectivity index (χ3v) is 7.76. The van der Waals surface area contributed by atoms with Crippen molar-refractivity contribution in [3.8, 4) is 0 Å². The van der Waals surface area contributed by atoms with Crippen LogP contribution in [0, 0.1) is 29.1 Å². The van der Waals surface area contributed by atoms with Gasteiger partial charge in [0.15, 0.2) is 0 Å². The van der Waals surface area contributed by atoms with E-state index in [1.807, 2.05) is 6.08 Å². The summed E-state index contributed by atoms with van der Waals surface area (Å²) >= 11 is 0. The number of allylic oxidation sites excluding steroid dienone is 4. The topological polar surface area (TPSA) is 20.2 Å². The summed E-state index contributed by atoms with van der Waals surface area (Å²) < 4.78 is 48.5. The van der Waals surface area contributed by atoms with E-state index in [0.717, 1.165) is 30.6 Å². The molecule has 158 valence electrons. The zero-order valence-electron chi connectivity index (χ0n) is 24.4. The Morgan fingerprint density at radius 3 is 2.89 bits per heavy atom. The molecule has 0 bridgehead atoms. The largest absolute Gasteiger partial charge is 0.393 e. The highest BCUT2D eigenvalue weighted by molar-refractivity contribution is 5.36. The Hall–Kier alpha value is -0.820. The third kappa shape index (κ3) is 4.84. The first-order valence-electron chi connectivity index (χ1n) is 14.4. The summed E-state index contributed by atoms with van der Waals surface area (Å²) in [5.41, 5.74) is 2.20. The molecule has 3 aliphatic carbocycles. The van der Waals surface area contributed by atoms with Gasteiger partial charge in [0.25, 0.3) is 0 Å². The summed E-state index contributed by atoms with van der Waals surface area (Å²) in [5, 5.41) is 4.47. The van der Waals surface area contributed by atoms with Gasteiger partial charge in [-0.25, -0.2) is 0 Å². The molecule has 1 N–H and O–H groups in total. The minimum absolute atomic E-state index is 0.0518. The average molecular weight is 391 g/mol. The van der Waals surface area contributed by atoms with Crippen molar-refractivity contribution in [3.05, 3.63) is 35.5 Å². The van der Waals surface area contributed by atoms with Crippen LogP contribution in [0.4, 0.5) is 0 Å². The lowest BCUT2D eigenvalue weighted by Crippen LogP contribution is -2.36. The van der Waals surface area contributed by atoms with Crippen molar-refractivity contribution < 1.29 is 12.0 Å². The monoisotopic (exact) mass is 390 g/mol. The molecule has 0 aromatic heterocycles. The SMILES string of the molecule is [2H]O[C@]1([2H])CC(=CC=C2CCC[C@@]3(C)C2CC[C@@H]3[C@H](C)CCCC(C)C)C(=C)C([2H])([2H])C1([2H])[2H]. The van der Waals surface area contributed by atoms with Gasteiger partial charge in [-0.15, -0.1) is 0 Å². The second-order valence-electron chi connectivity index (χ2n) is 10.2. The number of hydrogen-bond acceptors (Lipinski definition) is 1. The molecule has 0 aromatic rings. The molecular weight excluding hydrogens is 340 g/mol. The van der Waals surface area contributed by atoms with Gasteiger partial charge in [0, 0.05) is 5.48 Å². The maximum atomic E-state index is 8.35. The first-order valence-corrected chi connectivity index (χ1v) is 11.4. The predicted molar refractivity (Wildman–Crippen MR) is 121 cm³/mol. The van der Waals surface area contributed by atoms with Crippen molar-refractivity contribution in [2.75, 3.05) is 0 Å². The average Bonchev–Trinajstić information content (AvgIpc) is 3.12. The molecule has 5 atom stereocenters. The van der Waals surface area contributed by atoms with Crippen LogP contribution in [0.3, 0.4) is 0 Å². The Morgan fingerprint density at radius 2 is 2.14 bits per heavy atom. The van der Waals surface area contributed by atoms with E-state index >= 15 is 0 Å². The molecular formula is C27H44O. The van der Waals surface area contributed by atoms with Gasteiger partial charge in [-0.3, -0.25) is 0 Å². The minimum Gasteiger partial charge on any atom is -0.393 e. The maximum absolute atomic E-state index is 8.35. The lowest BCUT2D eigenvalue weighted by molar-refractivity contribution is 0.0929. The molecule has 0 saturated heterocycles. The van der Waals surface area contributed by atoms with Crippen LogP contribution in [0.1, 0.15) is 105 Å². The molecule has 0 radical (unpaired) electrons. The number of aliphatic hydroxyl groups is 1. The number of rotatable bonds is 7. The second kappa shape index (κ2) is 9.33. The van der Waals surface area contributed by atoms with E-state index in [0.29, 0.717) is 16.9 Å². The molecule has 1 unspecified atom stereocenters. The molecule has 3 aliphatic rings. The Balaban J connectivity index is 1.82. The zero-order valence-corrected chi connectivity index (χ0v) is 18.4. The smallest absolute Gasteiger partial charge is 0.210 e. The fourth-order valence-electron chi connectivity index (χ4n) is 6.18. The summed E-state index contributed by atoms with van der Waals surface area (Å²) in [6.45, 7) is 13.4. The van der Waals surface area contributed by atoms with Gasteiger partial charge in [0.1, 0.15) is 0 Å². The summed E-state index contributed by atoms with van der Waals surface area (Å²) in [6, 6.07) is 0. The van der Waals surface area contributed by atoms with Gasteiger partial charge in [-0.1, -0.05) is 76.8 Å². The standard InChI is InChI=1S/C27H44O/c1-19(2)8-6-9-21(4)25-15-16-26-22(10-7-17-27(25,26)5)12-13-23-18-24(28)14-11-20(23)3/h12-13,19,21,24-26,28H,3,6-11,14-18H2,1-2,4-5H3/t21-,24+,25-,26?,27-/m1/s1/i11D2,14D2,24D,28D.